The standard InChI is InChI=1S/C20H19ClN4O/c1-14(2)16-10-8-15(9-11-16)12-22-24-18-13-23-25(20(26)19(18)21)17-6-4-3-5-7-17/h3-14,24H,1-2H3/b22-12+. The molecular formula is C20H19ClN4O. The van der Waals surface area contributed by atoms with Crippen LogP contribution in [0.3, 0.4) is 0 Å². The smallest absolute Gasteiger partial charge is 0.275 e. The molecule has 5 nitrogen and oxygen atoms in total. The molecule has 0 fully saturated rings. The van der Waals surface area contributed by atoms with Crippen molar-refractivity contribution in [2.45, 2.75) is 19.8 Å². The van der Waals surface area contributed by atoms with Gasteiger partial charge in [0.1, 0.15) is 10.7 Å². The molecule has 2 aromatic carbocycles. The summed E-state index contributed by atoms with van der Waals surface area (Å²) >= 11 is 6.18. The Hall–Kier alpha value is -2.92. The minimum absolute atomic E-state index is 0.0381. The molecule has 0 unspecified atom stereocenters. The van der Waals surface area contributed by atoms with E-state index in [-0.39, 0.29) is 5.02 Å². The molecule has 0 bridgehead atoms. The molecule has 26 heavy (non-hydrogen) atoms. The Labute approximate surface area is 157 Å². The lowest BCUT2D eigenvalue weighted by Gasteiger charge is -2.07. The molecule has 0 saturated carbocycles. The van der Waals surface area contributed by atoms with E-state index in [1.807, 2.05) is 30.3 Å². The predicted molar refractivity (Wildman–Crippen MR) is 107 cm³/mol. The van der Waals surface area contributed by atoms with Gasteiger partial charge in [0.05, 0.1) is 18.1 Å². The van der Waals surface area contributed by atoms with Gasteiger partial charge in [0.2, 0.25) is 0 Å². The monoisotopic (exact) mass is 366 g/mol. The second-order valence-corrected chi connectivity index (χ2v) is 6.49. The fourth-order valence-corrected chi connectivity index (χ4v) is 2.58. The van der Waals surface area contributed by atoms with Gasteiger partial charge < -0.3 is 0 Å². The molecule has 6 heteroatoms. The highest BCUT2D eigenvalue weighted by molar-refractivity contribution is 6.32. The Morgan fingerprint density at radius 3 is 2.46 bits per heavy atom. The van der Waals surface area contributed by atoms with Crippen LogP contribution in [0.5, 0.6) is 0 Å². The van der Waals surface area contributed by atoms with Crippen molar-refractivity contribution in [3.8, 4) is 5.69 Å². The van der Waals surface area contributed by atoms with Gasteiger partial charge in [0.25, 0.3) is 5.56 Å². The van der Waals surface area contributed by atoms with E-state index >= 15 is 0 Å². The number of aromatic nitrogens is 2. The number of anilines is 1. The van der Waals surface area contributed by atoms with E-state index in [4.69, 9.17) is 11.6 Å². The molecule has 0 spiro atoms. The van der Waals surface area contributed by atoms with Crippen LogP contribution in [-0.4, -0.2) is 16.0 Å². The van der Waals surface area contributed by atoms with E-state index in [2.05, 4.69) is 41.6 Å². The van der Waals surface area contributed by atoms with Crippen molar-refractivity contribution in [3.63, 3.8) is 0 Å². The first-order valence-electron chi connectivity index (χ1n) is 8.28. The molecule has 0 aliphatic carbocycles. The van der Waals surface area contributed by atoms with Gasteiger partial charge in [-0.05, 0) is 29.2 Å². The summed E-state index contributed by atoms with van der Waals surface area (Å²) in [4.78, 5) is 12.4. The van der Waals surface area contributed by atoms with Crippen molar-refractivity contribution >= 4 is 23.5 Å². The molecule has 0 saturated heterocycles. The van der Waals surface area contributed by atoms with Gasteiger partial charge in [-0.25, -0.2) is 0 Å². The minimum Gasteiger partial charge on any atom is -0.275 e. The van der Waals surface area contributed by atoms with Gasteiger partial charge >= 0.3 is 0 Å². The SMILES string of the molecule is CC(C)c1ccc(/C=N/Nc2cnn(-c3ccccc3)c(=O)c2Cl)cc1. The summed E-state index contributed by atoms with van der Waals surface area (Å²) in [5.74, 6) is 0.486. The lowest BCUT2D eigenvalue weighted by Crippen LogP contribution is -2.22. The highest BCUT2D eigenvalue weighted by Crippen LogP contribution is 2.17. The largest absolute Gasteiger partial charge is 0.292 e. The lowest BCUT2D eigenvalue weighted by molar-refractivity contribution is 0.808. The number of nitrogens with zero attached hydrogens (tertiary/aromatic N) is 3. The summed E-state index contributed by atoms with van der Waals surface area (Å²) in [5.41, 5.74) is 5.61. The second-order valence-electron chi connectivity index (χ2n) is 6.12. The van der Waals surface area contributed by atoms with E-state index in [0.29, 0.717) is 17.3 Å². The number of halogens is 1. The number of para-hydroxylation sites is 1. The Balaban J connectivity index is 1.76. The fraction of sp³-hybridized carbons (Fsp3) is 0.150. The predicted octanol–water partition coefficient (Wildman–Crippen LogP) is 4.46. The molecule has 1 N–H and O–H groups in total. The van der Waals surface area contributed by atoms with Crippen molar-refractivity contribution in [1.29, 1.82) is 0 Å². The maximum absolute atomic E-state index is 12.4. The van der Waals surface area contributed by atoms with Crippen molar-refractivity contribution in [2.75, 3.05) is 5.43 Å². The zero-order valence-corrected chi connectivity index (χ0v) is 15.3. The Kier molecular flexibility index (Phi) is 5.49. The van der Waals surface area contributed by atoms with E-state index in [1.54, 1.807) is 18.3 Å². The Morgan fingerprint density at radius 1 is 1.12 bits per heavy atom. The third kappa shape index (κ3) is 4.00. The first-order valence-corrected chi connectivity index (χ1v) is 8.66. The summed E-state index contributed by atoms with van der Waals surface area (Å²) in [6.45, 7) is 4.30. The fourth-order valence-electron chi connectivity index (χ4n) is 2.41. The molecule has 0 atom stereocenters. The van der Waals surface area contributed by atoms with Crippen LogP contribution in [0.4, 0.5) is 5.69 Å². The van der Waals surface area contributed by atoms with Gasteiger partial charge in [-0.2, -0.15) is 14.9 Å². The Morgan fingerprint density at radius 2 is 1.81 bits per heavy atom. The molecule has 1 heterocycles. The topological polar surface area (TPSA) is 59.3 Å². The average molecular weight is 367 g/mol. The van der Waals surface area contributed by atoms with Crippen LogP contribution in [0.25, 0.3) is 5.69 Å². The molecule has 0 amide bonds. The maximum atomic E-state index is 12.4. The van der Waals surface area contributed by atoms with Gasteiger partial charge in [0.15, 0.2) is 0 Å². The molecule has 3 aromatic rings. The third-order valence-corrected chi connectivity index (χ3v) is 4.29. The van der Waals surface area contributed by atoms with Crippen LogP contribution in [0.2, 0.25) is 5.02 Å². The van der Waals surface area contributed by atoms with E-state index in [0.717, 1.165) is 5.56 Å². The number of nitrogens with one attached hydrogen (secondary N) is 1. The summed E-state index contributed by atoms with van der Waals surface area (Å²) < 4.78 is 1.25. The van der Waals surface area contributed by atoms with E-state index in [9.17, 15) is 4.79 Å². The number of hydrogen-bond acceptors (Lipinski definition) is 4. The van der Waals surface area contributed by atoms with Crippen molar-refractivity contribution in [3.05, 3.63) is 87.3 Å². The second kappa shape index (κ2) is 7.97. The Bertz CT molecular complexity index is 963. The summed E-state index contributed by atoms with van der Waals surface area (Å²) in [5, 5.41) is 8.33. The average Bonchev–Trinajstić information content (AvgIpc) is 2.66. The van der Waals surface area contributed by atoms with Crippen LogP contribution in [0, 0.1) is 0 Å². The van der Waals surface area contributed by atoms with Crippen molar-refractivity contribution < 1.29 is 0 Å². The zero-order chi connectivity index (χ0) is 18.5. The quantitative estimate of drug-likeness (QED) is 0.536. The van der Waals surface area contributed by atoms with Crippen LogP contribution < -0.4 is 11.0 Å². The molecule has 1 aromatic heterocycles. The molecule has 0 aliphatic rings. The van der Waals surface area contributed by atoms with Gasteiger partial charge in [-0.15, -0.1) is 0 Å². The molecular weight excluding hydrogens is 348 g/mol. The highest BCUT2D eigenvalue weighted by atomic mass is 35.5. The molecule has 3 rings (SSSR count). The molecule has 0 radical (unpaired) electrons. The number of hydrogen-bond donors (Lipinski definition) is 1. The summed E-state index contributed by atoms with van der Waals surface area (Å²) in [6, 6.07) is 17.2. The highest BCUT2D eigenvalue weighted by Gasteiger charge is 2.09. The molecule has 132 valence electrons. The first kappa shape index (κ1) is 17.9. The van der Waals surface area contributed by atoms with Gasteiger partial charge in [-0.3, -0.25) is 10.2 Å². The van der Waals surface area contributed by atoms with Crippen LogP contribution in [-0.2, 0) is 0 Å². The van der Waals surface area contributed by atoms with E-state index in [1.165, 1.54) is 16.4 Å². The number of rotatable bonds is 5. The normalized spacial score (nSPS) is 11.2. The maximum Gasteiger partial charge on any atom is 0.292 e. The van der Waals surface area contributed by atoms with Crippen molar-refractivity contribution in [1.82, 2.24) is 9.78 Å². The number of hydrazone groups is 1. The van der Waals surface area contributed by atoms with Crippen LogP contribution in [0.15, 0.2) is 70.7 Å². The van der Waals surface area contributed by atoms with Crippen molar-refractivity contribution in [2.24, 2.45) is 5.10 Å². The van der Waals surface area contributed by atoms with Gasteiger partial charge in [-0.1, -0.05) is 67.9 Å². The van der Waals surface area contributed by atoms with Gasteiger partial charge in [0, 0.05) is 0 Å². The summed E-state index contributed by atoms with van der Waals surface area (Å²) in [7, 11) is 0. The first-order chi connectivity index (χ1) is 12.6. The zero-order valence-electron chi connectivity index (χ0n) is 14.6. The number of benzene rings is 2. The van der Waals surface area contributed by atoms with E-state index < -0.39 is 5.56 Å². The minimum atomic E-state index is -0.403. The third-order valence-electron chi connectivity index (χ3n) is 3.92. The summed E-state index contributed by atoms with van der Waals surface area (Å²) in [6.07, 6.45) is 3.15. The van der Waals surface area contributed by atoms with Crippen LogP contribution in [0.1, 0.15) is 30.9 Å². The lowest BCUT2D eigenvalue weighted by atomic mass is 10.0. The molecule has 0 aliphatic heterocycles. The van der Waals surface area contributed by atoms with Crippen LogP contribution >= 0.6 is 11.6 Å².